The number of nitriles is 2. The molecular weight excluding hydrogens is 430 g/mol. The van der Waals surface area contributed by atoms with Crippen molar-refractivity contribution in [2.24, 2.45) is 5.41 Å². The summed E-state index contributed by atoms with van der Waals surface area (Å²) in [4.78, 5) is 8.61. The van der Waals surface area contributed by atoms with Gasteiger partial charge in [-0.1, -0.05) is 5.16 Å². The van der Waals surface area contributed by atoms with Crippen LogP contribution < -0.4 is 10.1 Å². The molecule has 3 aromatic rings. The van der Waals surface area contributed by atoms with Gasteiger partial charge in [0.25, 0.3) is 12.1 Å². The van der Waals surface area contributed by atoms with Gasteiger partial charge in [0.05, 0.1) is 17.6 Å². The fourth-order valence-corrected chi connectivity index (χ4v) is 4.87. The molecule has 1 aromatic carbocycles. The van der Waals surface area contributed by atoms with E-state index in [1.165, 1.54) is 6.08 Å². The van der Waals surface area contributed by atoms with E-state index in [9.17, 15) is 14.0 Å². The van der Waals surface area contributed by atoms with Gasteiger partial charge in [0.15, 0.2) is 5.69 Å². The summed E-state index contributed by atoms with van der Waals surface area (Å²) in [6.07, 6.45) is 2.19. The number of rotatable bonds is 6. The zero-order valence-corrected chi connectivity index (χ0v) is 17.8. The Balaban J connectivity index is 1.54. The van der Waals surface area contributed by atoms with Crippen molar-refractivity contribution < 1.29 is 18.0 Å². The molecule has 3 aliphatic rings. The van der Waals surface area contributed by atoms with Crippen LogP contribution in [0.25, 0.3) is 17.2 Å². The van der Waals surface area contributed by atoms with Gasteiger partial charge in [0.1, 0.15) is 11.1 Å². The Hall–Kier alpha value is -4.05. The molecule has 0 radical (unpaired) electrons. The molecule has 166 valence electrons. The summed E-state index contributed by atoms with van der Waals surface area (Å²) in [7, 11) is 0. The van der Waals surface area contributed by atoms with E-state index in [0.717, 1.165) is 16.7 Å². The molecule has 2 aromatic heterocycles. The molecule has 0 saturated heterocycles. The highest BCUT2D eigenvalue weighted by Crippen LogP contribution is 2.67. The topological polar surface area (TPSA) is 121 Å². The minimum atomic E-state index is -2.90. The predicted molar refractivity (Wildman–Crippen MR) is 113 cm³/mol. The Kier molecular flexibility index (Phi) is 4.57. The molecule has 10 heteroatoms. The highest BCUT2D eigenvalue weighted by molar-refractivity contribution is 5.83. The quantitative estimate of drug-likeness (QED) is 0.500. The van der Waals surface area contributed by atoms with E-state index in [4.69, 9.17) is 14.5 Å². The minimum Gasteiger partial charge on any atom is -0.437 e. The van der Waals surface area contributed by atoms with Crippen LogP contribution in [0.3, 0.4) is 0 Å². The molecule has 0 amide bonds. The van der Waals surface area contributed by atoms with Crippen molar-refractivity contribution in [3.8, 4) is 23.8 Å². The second-order valence-corrected chi connectivity index (χ2v) is 8.78. The third kappa shape index (κ3) is 3.35. The Morgan fingerprint density at radius 1 is 1.18 bits per heavy atom. The van der Waals surface area contributed by atoms with Gasteiger partial charge in [-0.05, 0) is 68.0 Å². The number of hydrogen-bond acceptors (Lipinski definition) is 8. The number of allylic oxidation sites excluding steroid dienone is 1. The third-order valence-electron chi connectivity index (χ3n) is 6.21. The van der Waals surface area contributed by atoms with Crippen molar-refractivity contribution >= 4 is 23.1 Å². The molecule has 0 spiro atoms. The van der Waals surface area contributed by atoms with Crippen molar-refractivity contribution in [3.05, 3.63) is 40.6 Å². The van der Waals surface area contributed by atoms with E-state index in [2.05, 4.69) is 26.5 Å². The molecule has 0 unspecified atom stereocenters. The maximum Gasteiger partial charge on any atom is 0.284 e. The van der Waals surface area contributed by atoms with Gasteiger partial charge in [0.2, 0.25) is 11.8 Å². The molecule has 3 aliphatic carbocycles. The number of nitrogens with zero attached hydrogens (tertiary/aromatic N) is 5. The highest BCUT2D eigenvalue weighted by atomic mass is 19.3. The van der Waals surface area contributed by atoms with Gasteiger partial charge in [-0.25, -0.2) is 8.78 Å². The second kappa shape index (κ2) is 7.24. The first-order valence-corrected chi connectivity index (χ1v) is 10.3. The molecule has 3 saturated carbocycles. The average Bonchev–Trinajstić information content (AvgIpc) is 3.15. The lowest BCUT2D eigenvalue weighted by Crippen LogP contribution is -2.70. The standard InChI is InChI=1S/C23H18F2N6O2/c1-12-6-14(4-3-5-26)7-13(2)17(12)32-19-15-16(18(24)25)31-33-20(15)29-21(28-19)30-23-8-22(9-23,10-23)11-27/h3-4,6-7,18H,8-10H2,1-2H3,(H,28,29,30)/b4-3+. The lowest BCUT2D eigenvalue weighted by atomic mass is 9.40. The molecule has 2 bridgehead atoms. The number of aromatic nitrogens is 3. The van der Waals surface area contributed by atoms with Crippen molar-refractivity contribution in [1.29, 1.82) is 10.5 Å². The fourth-order valence-electron chi connectivity index (χ4n) is 4.87. The van der Waals surface area contributed by atoms with Crippen LogP contribution in [0.5, 0.6) is 11.6 Å². The molecular formula is C23H18F2N6O2. The highest BCUT2D eigenvalue weighted by Gasteiger charge is 2.69. The summed E-state index contributed by atoms with van der Waals surface area (Å²) in [6, 6.07) is 7.91. The van der Waals surface area contributed by atoms with Crippen LogP contribution in [0.1, 0.15) is 48.1 Å². The fraction of sp³-hybridized carbons (Fsp3) is 0.348. The van der Waals surface area contributed by atoms with Gasteiger partial charge in [-0.3, -0.25) is 0 Å². The van der Waals surface area contributed by atoms with E-state index in [-0.39, 0.29) is 33.9 Å². The summed E-state index contributed by atoms with van der Waals surface area (Å²) in [6.45, 7) is 3.63. The molecule has 33 heavy (non-hydrogen) atoms. The second-order valence-electron chi connectivity index (χ2n) is 8.78. The Bertz CT molecular complexity index is 1360. The maximum atomic E-state index is 13.6. The van der Waals surface area contributed by atoms with Crippen LogP contribution >= 0.6 is 0 Å². The Morgan fingerprint density at radius 3 is 2.48 bits per heavy atom. The summed E-state index contributed by atoms with van der Waals surface area (Å²) < 4.78 is 38.3. The van der Waals surface area contributed by atoms with Crippen molar-refractivity contribution in [2.45, 2.75) is 45.1 Å². The summed E-state index contributed by atoms with van der Waals surface area (Å²) in [5, 5.41) is 24.6. The Morgan fingerprint density at radius 2 is 1.88 bits per heavy atom. The minimum absolute atomic E-state index is 0.0890. The SMILES string of the molecule is Cc1cc(/C=C/C#N)cc(C)c1Oc1nc(NC23CC(C#N)(C2)C3)nc2onc(C(F)F)c12. The summed E-state index contributed by atoms with van der Waals surface area (Å²) in [5.74, 6) is 0.530. The van der Waals surface area contributed by atoms with Crippen LogP contribution in [0.2, 0.25) is 0 Å². The normalized spacial score (nSPS) is 23.1. The number of benzene rings is 1. The van der Waals surface area contributed by atoms with E-state index in [1.54, 1.807) is 6.08 Å². The number of alkyl halides is 2. The van der Waals surface area contributed by atoms with Crippen LogP contribution in [-0.4, -0.2) is 20.7 Å². The molecule has 3 fully saturated rings. The molecule has 8 nitrogen and oxygen atoms in total. The van der Waals surface area contributed by atoms with Gasteiger partial charge in [0, 0.05) is 11.6 Å². The van der Waals surface area contributed by atoms with Crippen LogP contribution in [0, 0.1) is 41.9 Å². The van der Waals surface area contributed by atoms with Crippen LogP contribution in [-0.2, 0) is 0 Å². The number of ether oxygens (including phenoxy) is 1. The number of halogens is 2. The first-order chi connectivity index (χ1) is 15.8. The number of hydrogen-bond donors (Lipinski definition) is 1. The van der Waals surface area contributed by atoms with Gasteiger partial charge >= 0.3 is 0 Å². The molecule has 6 rings (SSSR count). The maximum absolute atomic E-state index is 13.6. The molecule has 2 heterocycles. The monoisotopic (exact) mass is 448 g/mol. The van der Waals surface area contributed by atoms with Gasteiger partial charge < -0.3 is 14.6 Å². The number of anilines is 1. The van der Waals surface area contributed by atoms with E-state index >= 15 is 0 Å². The van der Waals surface area contributed by atoms with Crippen molar-refractivity contribution in [3.63, 3.8) is 0 Å². The van der Waals surface area contributed by atoms with Crippen molar-refractivity contribution in [2.75, 3.05) is 5.32 Å². The number of fused-ring (bicyclic) bond motifs is 1. The summed E-state index contributed by atoms with van der Waals surface area (Å²) >= 11 is 0. The van der Waals surface area contributed by atoms with Crippen LogP contribution in [0.15, 0.2) is 22.7 Å². The third-order valence-corrected chi connectivity index (χ3v) is 6.21. The predicted octanol–water partition coefficient (Wildman–Crippen LogP) is 5.36. The number of nitrogens with one attached hydrogen (secondary N) is 1. The number of aryl methyl sites for hydroxylation is 2. The zero-order chi connectivity index (χ0) is 23.4. The van der Waals surface area contributed by atoms with Gasteiger partial charge in [-0.2, -0.15) is 20.5 Å². The van der Waals surface area contributed by atoms with Crippen LogP contribution in [0.4, 0.5) is 14.7 Å². The largest absolute Gasteiger partial charge is 0.437 e. The van der Waals surface area contributed by atoms with Crippen molar-refractivity contribution in [1.82, 2.24) is 15.1 Å². The lowest BCUT2D eigenvalue weighted by molar-refractivity contribution is -0.0665. The average molecular weight is 448 g/mol. The molecule has 0 aliphatic heterocycles. The van der Waals surface area contributed by atoms with E-state index in [0.29, 0.717) is 25.0 Å². The lowest BCUT2D eigenvalue weighted by Gasteiger charge is -2.66. The van der Waals surface area contributed by atoms with Gasteiger partial charge in [-0.15, -0.1) is 0 Å². The first-order valence-electron chi connectivity index (χ1n) is 10.3. The first kappa shape index (κ1) is 20.8. The summed E-state index contributed by atoms with van der Waals surface area (Å²) in [5.41, 5.74) is 1.03. The van der Waals surface area contributed by atoms with E-state index < -0.39 is 12.1 Å². The smallest absolute Gasteiger partial charge is 0.284 e. The zero-order valence-electron chi connectivity index (χ0n) is 17.8. The Labute approximate surface area is 187 Å². The molecule has 1 N–H and O–H groups in total. The molecule has 0 atom stereocenters. The van der Waals surface area contributed by atoms with E-state index in [1.807, 2.05) is 32.0 Å².